The monoisotopic (exact) mass is 465 g/mol. The highest BCUT2D eigenvalue weighted by Gasteiger charge is 2.68. The van der Waals surface area contributed by atoms with Crippen LogP contribution in [0.3, 0.4) is 0 Å². The van der Waals surface area contributed by atoms with Crippen molar-refractivity contribution in [2.75, 3.05) is 0 Å². The van der Waals surface area contributed by atoms with Gasteiger partial charge >= 0.3 is 0 Å². The van der Waals surface area contributed by atoms with Crippen molar-refractivity contribution in [2.24, 2.45) is 35.0 Å². The molecule has 0 radical (unpaired) electrons. The normalized spacial score (nSPS) is 44.4. The van der Waals surface area contributed by atoms with E-state index in [4.69, 9.17) is 0 Å². The Hall–Kier alpha value is -2.57. The lowest BCUT2D eigenvalue weighted by atomic mass is 9.50. The maximum atomic E-state index is 13.8. The number of aliphatic hydroxyl groups is 2. The Morgan fingerprint density at radius 2 is 1.74 bits per heavy atom. The molecule has 1 aromatic carbocycles. The minimum Gasteiger partial charge on any atom is -0.388 e. The van der Waals surface area contributed by atoms with Crippen LogP contribution in [0.2, 0.25) is 0 Å². The predicted molar refractivity (Wildman–Crippen MR) is 129 cm³/mol. The lowest BCUT2D eigenvalue weighted by molar-refractivity contribution is -0.158. The lowest BCUT2D eigenvalue weighted by Gasteiger charge is -2.50. The molecule has 0 bridgehead atoms. The summed E-state index contributed by atoms with van der Waals surface area (Å²) in [7, 11) is 0. The third kappa shape index (κ3) is 3.77. The molecule has 3 N–H and O–H groups in total. The van der Waals surface area contributed by atoms with Crippen LogP contribution in [0.15, 0.2) is 54.6 Å². The molecule has 1 amide bonds. The molecule has 4 rings (SSSR count). The first-order chi connectivity index (χ1) is 16.0. The largest absolute Gasteiger partial charge is 0.388 e. The van der Waals surface area contributed by atoms with Crippen LogP contribution in [-0.2, 0) is 20.8 Å². The van der Waals surface area contributed by atoms with Crippen molar-refractivity contribution in [1.29, 1.82) is 0 Å². The van der Waals surface area contributed by atoms with Crippen molar-refractivity contribution in [1.82, 2.24) is 5.32 Å². The van der Waals surface area contributed by atoms with Gasteiger partial charge in [-0.15, -0.1) is 0 Å². The van der Waals surface area contributed by atoms with Crippen LogP contribution >= 0.6 is 0 Å². The van der Waals surface area contributed by atoms with Crippen LogP contribution in [0.25, 0.3) is 0 Å². The number of amides is 1. The average Bonchev–Trinajstić information content (AvgIpc) is 3.09. The fraction of sp³-hybridized carbons (Fsp3) is 0.536. The molecule has 1 unspecified atom stereocenters. The zero-order valence-corrected chi connectivity index (χ0v) is 20.3. The highest BCUT2D eigenvalue weighted by Crippen LogP contribution is 2.57. The maximum Gasteiger partial charge on any atom is 0.230 e. The van der Waals surface area contributed by atoms with E-state index in [9.17, 15) is 24.6 Å². The van der Waals surface area contributed by atoms with E-state index in [1.807, 2.05) is 44.2 Å². The third-order valence-electron chi connectivity index (χ3n) is 8.48. The number of ketones is 2. The van der Waals surface area contributed by atoms with Crippen molar-refractivity contribution in [3.8, 4) is 0 Å². The molecule has 0 aromatic heterocycles. The number of carbonyl (C=O) groups excluding carboxylic acids is 3. The van der Waals surface area contributed by atoms with E-state index in [0.717, 1.165) is 5.56 Å². The zero-order chi connectivity index (χ0) is 24.8. The number of benzene rings is 1. The minimum absolute atomic E-state index is 0.0760. The Bertz CT molecular complexity index is 1030. The van der Waals surface area contributed by atoms with Crippen molar-refractivity contribution in [2.45, 2.75) is 58.3 Å². The molecule has 2 aliphatic carbocycles. The Morgan fingerprint density at radius 3 is 2.41 bits per heavy atom. The number of Topliss-reactive ketones (excluding diaryl/α,β-unsaturated/α-hetero) is 2. The molecule has 1 aromatic rings. The van der Waals surface area contributed by atoms with Gasteiger partial charge < -0.3 is 15.5 Å². The molecule has 1 saturated heterocycles. The van der Waals surface area contributed by atoms with Gasteiger partial charge in [-0.2, -0.15) is 0 Å². The summed E-state index contributed by atoms with van der Waals surface area (Å²) < 4.78 is 0. The van der Waals surface area contributed by atoms with Gasteiger partial charge in [0.2, 0.25) is 5.91 Å². The van der Waals surface area contributed by atoms with E-state index >= 15 is 0 Å². The standard InChI is InChI=1S/C28H35NO5/c1-16-9-8-12-20-24(31)18(3)17(2)23-21(15-19-10-6-5-7-11-19)29-26(33)28(20,23)22(30)13-14-27(4,34)25(16)32/h5-8,10-14,16-18,20-23,30,34H,9,15H2,1-4H3,(H,29,33)/b12-8+,14-13+/t16?,17-,18-,20+,21+,22-,23+,27-,28-/m1/s1. The number of rotatable bonds is 2. The Kier molecular flexibility index (Phi) is 6.42. The Morgan fingerprint density at radius 1 is 1.06 bits per heavy atom. The number of nitrogens with one attached hydrogen (secondary N) is 1. The summed E-state index contributed by atoms with van der Waals surface area (Å²) in [6.07, 6.45) is 5.70. The molecule has 6 nitrogen and oxygen atoms in total. The predicted octanol–water partition coefficient (Wildman–Crippen LogP) is 2.63. The molecule has 1 heterocycles. The Balaban J connectivity index is 1.87. The second kappa shape index (κ2) is 8.90. The minimum atomic E-state index is -1.78. The molecule has 1 spiro atoms. The van der Waals surface area contributed by atoms with Gasteiger partial charge in [0.05, 0.1) is 17.4 Å². The van der Waals surface area contributed by atoms with E-state index in [0.29, 0.717) is 12.8 Å². The van der Waals surface area contributed by atoms with Crippen molar-refractivity contribution < 1.29 is 24.6 Å². The number of allylic oxidation sites excluding steroid dienone is 2. The van der Waals surface area contributed by atoms with Gasteiger partial charge in [0.25, 0.3) is 0 Å². The summed E-state index contributed by atoms with van der Waals surface area (Å²) >= 11 is 0. The summed E-state index contributed by atoms with van der Waals surface area (Å²) in [5.74, 6) is -2.86. The molecule has 1 saturated carbocycles. The van der Waals surface area contributed by atoms with Crippen molar-refractivity contribution >= 4 is 17.5 Å². The van der Waals surface area contributed by atoms with Crippen LogP contribution in [-0.4, -0.2) is 45.4 Å². The molecule has 9 atom stereocenters. The summed E-state index contributed by atoms with van der Waals surface area (Å²) in [5.41, 5.74) is -2.13. The van der Waals surface area contributed by atoms with Crippen molar-refractivity contribution in [3.05, 3.63) is 60.2 Å². The molecule has 34 heavy (non-hydrogen) atoms. The van der Waals surface area contributed by atoms with Crippen LogP contribution in [0.1, 0.15) is 39.7 Å². The third-order valence-corrected chi connectivity index (χ3v) is 8.48. The molecule has 6 heteroatoms. The lowest BCUT2D eigenvalue weighted by Crippen LogP contribution is -2.60. The highest BCUT2D eigenvalue weighted by molar-refractivity contribution is 5.98. The number of hydrogen-bond acceptors (Lipinski definition) is 5. The quantitative estimate of drug-likeness (QED) is 0.583. The maximum absolute atomic E-state index is 13.8. The smallest absolute Gasteiger partial charge is 0.230 e. The number of carbonyl (C=O) groups is 3. The Labute approximate surface area is 201 Å². The van der Waals surface area contributed by atoms with E-state index in [-0.39, 0.29) is 41.3 Å². The number of hydrogen-bond donors (Lipinski definition) is 3. The summed E-state index contributed by atoms with van der Waals surface area (Å²) in [6, 6.07) is 9.61. The van der Waals surface area contributed by atoms with Crippen molar-refractivity contribution in [3.63, 3.8) is 0 Å². The summed E-state index contributed by atoms with van der Waals surface area (Å²) in [5, 5.41) is 25.5. The van der Waals surface area contributed by atoms with Crippen LogP contribution in [0.5, 0.6) is 0 Å². The fourth-order valence-corrected chi connectivity index (χ4v) is 6.47. The summed E-state index contributed by atoms with van der Waals surface area (Å²) in [4.78, 5) is 40.2. The van der Waals surface area contributed by atoms with E-state index < -0.39 is 29.0 Å². The first kappa shape index (κ1) is 24.6. The molecule has 3 aliphatic rings. The molecular formula is C28H35NO5. The van der Waals surface area contributed by atoms with Gasteiger partial charge in [0.1, 0.15) is 11.4 Å². The zero-order valence-electron chi connectivity index (χ0n) is 20.3. The van der Waals surface area contributed by atoms with E-state index in [2.05, 4.69) is 5.32 Å². The molecule has 182 valence electrons. The van der Waals surface area contributed by atoms with Gasteiger partial charge in [0, 0.05) is 23.8 Å². The van der Waals surface area contributed by atoms with Crippen LogP contribution in [0, 0.1) is 35.0 Å². The van der Waals surface area contributed by atoms with Crippen LogP contribution in [0.4, 0.5) is 0 Å². The highest BCUT2D eigenvalue weighted by atomic mass is 16.3. The number of aliphatic hydroxyl groups excluding tert-OH is 1. The first-order valence-corrected chi connectivity index (χ1v) is 12.2. The SMILES string of the molecule is CC1C/C=C/[C@H]2C(=O)[C@H](C)[C@@H](C)[C@H]3[C@H](Cc4ccccc4)NC(=O)[C@]32[C@H](O)/C=C/[C@@](C)(O)C1=O. The van der Waals surface area contributed by atoms with E-state index in [1.165, 1.54) is 19.1 Å². The van der Waals surface area contributed by atoms with Gasteiger partial charge in [-0.3, -0.25) is 14.4 Å². The van der Waals surface area contributed by atoms with Gasteiger partial charge in [0.15, 0.2) is 5.78 Å². The van der Waals surface area contributed by atoms with Gasteiger partial charge in [-0.1, -0.05) is 69.3 Å². The topological polar surface area (TPSA) is 104 Å². The molecule has 2 fully saturated rings. The average molecular weight is 466 g/mol. The van der Waals surface area contributed by atoms with Gasteiger partial charge in [-0.05, 0) is 37.3 Å². The fourth-order valence-electron chi connectivity index (χ4n) is 6.47. The summed E-state index contributed by atoms with van der Waals surface area (Å²) in [6.45, 7) is 7.01. The first-order valence-electron chi connectivity index (χ1n) is 12.2. The van der Waals surface area contributed by atoms with Crippen LogP contribution < -0.4 is 5.32 Å². The molecule has 1 aliphatic heterocycles. The van der Waals surface area contributed by atoms with Gasteiger partial charge in [-0.25, -0.2) is 0 Å². The van der Waals surface area contributed by atoms with E-state index in [1.54, 1.807) is 19.1 Å². The second-order valence-corrected chi connectivity index (χ2v) is 10.6. The molecular weight excluding hydrogens is 430 g/mol. The second-order valence-electron chi connectivity index (χ2n) is 10.6.